The maximum absolute atomic E-state index is 12.6. The summed E-state index contributed by atoms with van der Waals surface area (Å²) >= 11 is 1.10. The third-order valence-corrected chi connectivity index (χ3v) is 6.49. The molecule has 0 bridgehead atoms. The zero-order valence-electron chi connectivity index (χ0n) is 13.6. The molecule has 2 rings (SSSR count). The largest absolute Gasteiger partial charge is 0.450 e. The smallest absolute Gasteiger partial charge is 0.409 e. The molecule has 134 valence electrons. The highest BCUT2D eigenvalue weighted by Crippen LogP contribution is 2.23. The zero-order valence-corrected chi connectivity index (χ0v) is 15.3. The van der Waals surface area contributed by atoms with Gasteiger partial charge in [0.25, 0.3) is 5.91 Å². The summed E-state index contributed by atoms with van der Waals surface area (Å²) in [5.41, 5.74) is 0. The third-order valence-electron chi connectivity index (χ3n) is 3.54. The van der Waals surface area contributed by atoms with E-state index in [4.69, 9.17) is 4.74 Å². The number of sulfonamides is 1. The molecule has 0 spiro atoms. The van der Waals surface area contributed by atoms with Crippen LogP contribution in [0, 0.1) is 0 Å². The molecule has 0 saturated carbocycles. The molecule has 0 unspecified atom stereocenters. The second-order valence-electron chi connectivity index (χ2n) is 5.10. The van der Waals surface area contributed by atoms with Crippen LogP contribution in [0.4, 0.5) is 4.79 Å². The van der Waals surface area contributed by atoms with Gasteiger partial charge in [-0.25, -0.2) is 13.2 Å². The Labute approximate surface area is 145 Å². The summed E-state index contributed by atoms with van der Waals surface area (Å²) in [7, 11) is -3.67. The minimum absolute atomic E-state index is 0.110. The second kappa shape index (κ2) is 7.95. The molecule has 24 heavy (non-hydrogen) atoms. The van der Waals surface area contributed by atoms with E-state index in [1.165, 1.54) is 20.7 Å². The van der Waals surface area contributed by atoms with Crippen molar-refractivity contribution in [3.63, 3.8) is 0 Å². The van der Waals surface area contributed by atoms with Gasteiger partial charge in [0.05, 0.1) is 16.4 Å². The number of nitrogens with zero attached hydrogens (tertiary/aromatic N) is 2. The minimum atomic E-state index is -3.67. The Bertz CT molecular complexity index is 693. The van der Waals surface area contributed by atoms with Crippen molar-refractivity contribution in [2.45, 2.75) is 18.7 Å². The van der Waals surface area contributed by atoms with Crippen LogP contribution in [0.1, 0.15) is 23.5 Å². The molecule has 0 radical (unpaired) electrons. The maximum Gasteiger partial charge on any atom is 0.409 e. The van der Waals surface area contributed by atoms with Crippen LogP contribution in [0.25, 0.3) is 0 Å². The summed E-state index contributed by atoms with van der Waals surface area (Å²) < 4.78 is 31.5. The van der Waals surface area contributed by atoms with Crippen LogP contribution >= 0.6 is 11.3 Å². The molecule has 0 aromatic carbocycles. The molecule has 1 aromatic heterocycles. The van der Waals surface area contributed by atoms with E-state index >= 15 is 0 Å². The van der Waals surface area contributed by atoms with Crippen molar-refractivity contribution < 1.29 is 22.7 Å². The predicted molar refractivity (Wildman–Crippen MR) is 89.7 cm³/mol. The molecule has 10 heteroatoms. The minimum Gasteiger partial charge on any atom is -0.450 e. The van der Waals surface area contributed by atoms with Gasteiger partial charge >= 0.3 is 6.09 Å². The topological polar surface area (TPSA) is 96.0 Å². The fraction of sp³-hybridized carbons (Fsp3) is 0.571. The van der Waals surface area contributed by atoms with Crippen molar-refractivity contribution in [3.8, 4) is 0 Å². The monoisotopic (exact) mass is 375 g/mol. The summed E-state index contributed by atoms with van der Waals surface area (Å²) in [6.45, 7) is 5.26. The van der Waals surface area contributed by atoms with E-state index in [9.17, 15) is 18.0 Å². The lowest BCUT2D eigenvalue weighted by Crippen LogP contribution is -2.50. The summed E-state index contributed by atoms with van der Waals surface area (Å²) in [6, 6.07) is 1.39. The number of carbonyl (C=O) groups is 2. The summed E-state index contributed by atoms with van der Waals surface area (Å²) in [5.74, 6) is -0.281. The van der Waals surface area contributed by atoms with E-state index in [0.717, 1.165) is 11.3 Å². The standard InChI is InChI=1S/C14H21N3O5S2/c1-3-15-13(18)12-9-11(10-23-12)24(20,21)17-7-5-16(6-8-17)14(19)22-4-2/h9-10H,3-8H2,1-2H3,(H,15,18). The number of rotatable bonds is 5. The van der Waals surface area contributed by atoms with E-state index in [1.54, 1.807) is 13.8 Å². The van der Waals surface area contributed by atoms with Gasteiger partial charge in [-0.05, 0) is 19.9 Å². The van der Waals surface area contributed by atoms with Crippen molar-refractivity contribution >= 4 is 33.4 Å². The number of thiophene rings is 1. The van der Waals surface area contributed by atoms with Gasteiger partial charge in [0.15, 0.2) is 0 Å². The molecule has 8 nitrogen and oxygen atoms in total. The Balaban J connectivity index is 2.04. The van der Waals surface area contributed by atoms with Crippen molar-refractivity contribution in [1.82, 2.24) is 14.5 Å². The number of nitrogens with one attached hydrogen (secondary N) is 1. The zero-order chi connectivity index (χ0) is 17.7. The molecule has 1 aliphatic heterocycles. The molecule has 1 fully saturated rings. The second-order valence-corrected chi connectivity index (χ2v) is 7.95. The van der Waals surface area contributed by atoms with Gasteiger partial charge in [-0.2, -0.15) is 4.31 Å². The number of amides is 2. The summed E-state index contributed by atoms with van der Waals surface area (Å²) in [5, 5.41) is 4.11. The number of carbonyl (C=O) groups excluding carboxylic acids is 2. The Morgan fingerprint density at radius 3 is 2.50 bits per heavy atom. The van der Waals surface area contributed by atoms with Crippen molar-refractivity contribution in [2.75, 3.05) is 39.3 Å². The molecule has 1 saturated heterocycles. The fourth-order valence-corrected chi connectivity index (χ4v) is 4.90. The summed E-state index contributed by atoms with van der Waals surface area (Å²) in [6.07, 6.45) is -0.427. The maximum atomic E-state index is 12.6. The molecule has 2 amide bonds. The summed E-state index contributed by atoms with van der Waals surface area (Å²) in [4.78, 5) is 25.4. The highest BCUT2D eigenvalue weighted by atomic mass is 32.2. The lowest BCUT2D eigenvalue weighted by atomic mass is 10.4. The van der Waals surface area contributed by atoms with Crippen LogP contribution in [0.15, 0.2) is 16.3 Å². The molecule has 0 aliphatic carbocycles. The van der Waals surface area contributed by atoms with Gasteiger partial charge < -0.3 is 15.0 Å². The molecule has 1 aromatic rings. The van der Waals surface area contributed by atoms with E-state index in [2.05, 4.69) is 5.32 Å². The van der Waals surface area contributed by atoms with Crippen LogP contribution in [-0.4, -0.2) is 69.0 Å². The highest BCUT2D eigenvalue weighted by molar-refractivity contribution is 7.89. The van der Waals surface area contributed by atoms with E-state index in [0.29, 0.717) is 11.4 Å². The van der Waals surface area contributed by atoms with Crippen LogP contribution in [0.3, 0.4) is 0 Å². The van der Waals surface area contributed by atoms with Gasteiger partial charge in [-0.15, -0.1) is 11.3 Å². The average Bonchev–Trinajstić information content (AvgIpc) is 3.06. The van der Waals surface area contributed by atoms with Gasteiger partial charge in [-0.3, -0.25) is 4.79 Å². The molecular formula is C14H21N3O5S2. The first-order valence-electron chi connectivity index (χ1n) is 7.68. The molecule has 1 aliphatic rings. The van der Waals surface area contributed by atoms with E-state index in [1.807, 2.05) is 0 Å². The van der Waals surface area contributed by atoms with Crippen molar-refractivity contribution in [2.24, 2.45) is 0 Å². The Morgan fingerprint density at radius 1 is 1.25 bits per heavy atom. The predicted octanol–water partition coefficient (Wildman–Crippen LogP) is 0.961. The van der Waals surface area contributed by atoms with Gasteiger partial charge in [-0.1, -0.05) is 0 Å². The highest BCUT2D eigenvalue weighted by Gasteiger charge is 2.31. The Morgan fingerprint density at radius 2 is 1.92 bits per heavy atom. The number of piperazine rings is 1. The SMILES string of the molecule is CCNC(=O)c1cc(S(=O)(=O)N2CCN(C(=O)OCC)CC2)cs1. The first-order valence-corrected chi connectivity index (χ1v) is 10.0. The quantitative estimate of drug-likeness (QED) is 0.827. The number of hydrogen-bond donors (Lipinski definition) is 1. The molecule has 2 heterocycles. The van der Waals surface area contributed by atoms with Crippen molar-refractivity contribution in [1.29, 1.82) is 0 Å². The van der Waals surface area contributed by atoms with Crippen molar-refractivity contribution in [3.05, 3.63) is 16.3 Å². The Kier molecular flexibility index (Phi) is 6.19. The van der Waals surface area contributed by atoms with Gasteiger partial charge in [0.1, 0.15) is 0 Å². The fourth-order valence-electron chi connectivity index (χ4n) is 2.30. The lowest BCUT2D eigenvalue weighted by Gasteiger charge is -2.33. The van der Waals surface area contributed by atoms with Gasteiger partial charge in [0.2, 0.25) is 10.0 Å². The first-order chi connectivity index (χ1) is 11.4. The average molecular weight is 375 g/mol. The third kappa shape index (κ3) is 4.05. The number of hydrogen-bond acceptors (Lipinski definition) is 6. The van der Waals surface area contributed by atoms with Crippen LogP contribution in [0.2, 0.25) is 0 Å². The van der Waals surface area contributed by atoms with Crippen LogP contribution in [-0.2, 0) is 14.8 Å². The lowest BCUT2D eigenvalue weighted by molar-refractivity contribution is 0.0931. The van der Waals surface area contributed by atoms with E-state index in [-0.39, 0.29) is 43.6 Å². The molecule has 1 N–H and O–H groups in total. The molecular weight excluding hydrogens is 354 g/mol. The number of ether oxygens (including phenoxy) is 1. The first kappa shape index (κ1) is 18.7. The van der Waals surface area contributed by atoms with Gasteiger partial charge in [0, 0.05) is 38.1 Å². The molecule has 0 atom stereocenters. The normalized spacial score (nSPS) is 16.0. The van der Waals surface area contributed by atoms with Crippen LogP contribution in [0.5, 0.6) is 0 Å². The van der Waals surface area contributed by atoms with Crippen LogP contribution < -0.4 is 5.32 Å². The Hall–Kier alpha value is -1.65. The van der Waals surface area contributed by atoms with E-state index < -0.39 is 16.1 Å².